The Balaban J connectivity index is 1.97. The van der Waals surface area contributed by atoms with E-state index in [2.05, 4.69) is 44.1 Å². The Bertz CT molecular complexity index is 395. The molecule has 0 radical (unpaired) electrons. The second kappa shape index (κ2) is 6.02. The van der Waals surface area contributed by atoms with Crippen LogP contribution in [0.1, 0.15) is 52.3 Å². The Hall–Kier alpha value is -0.930. The van der Waals surface area contributed by atoms with Crippen LogP contribution in [0.15, 0.2) is 24.4 Å². The van der Waals surface area contributed by atoms with E-state index in [9.17, 15) is 0 Å². The predicted molar refractivity (Wildman–Crippen MR) is 78.0 cm³/mol. The van der Waals surface area contributed by atoms with Gasteiger partial charge in [-0.1, -0.05) is 19.9 Å². The molecular weight excluding hydrogens is 236 g/mol. The summed E-state index contributed by atoms with van der Waals surface area (Å²) in [6.07, 6.45) is 4.51. The minimum absolute atomic E-state index is 0.249. The summed E-state index contributed by atoms with van der Waals surface area (Å²) in [4.78, 5) is 4.43. The second-order valence-corrected chi connectivity index (χ2v) is 5.73. The van der Waals surface area contributed by atoms with Crippen LogP contribution in [0.4, 0.5) is 0 Å². The van der Waals surface area contributed by atoms with Gasteiger partial charge in [-0.2, -0.15) is 0 Å². The summed E-state index contributed by atoms with van der Waals surface area (Å²) in [5.74, 6) is 0. The molecule has 1 fully saturated rings. The summed E-state index contributed by atoms with van der Waals surface area (Å²) in [7, 11) is 0. The second-order valence-electron chi connectivity index (χ2n) is 5.73. The van der Waals surface area contributed by atoms with Crippen molar-refractivity contribution < 1.29 is 4.74 Å². The molecule has 1 aromatic rings. The van der Waals surface area contributed by atoms with E-state index in [-0.39, 0.29) is 5.41 Å². The maximum Gasteiger partial charge on any atom is 0.0658 e. The van der Waals surface area contributed by atoms with Crippen LogP contribution in [0.2, 0.25) is 0 Å². The van der Waals surface area contributed by atoms with Gasteiger partial charge in [-0.3, -0.25) is 4.98 Å². The van der Waals surface area contributed by atoms with E-state index in [1.807, 2.05) is 18.3 Å². The summed E-state index contributed by atoms with van der Waals surface area (Å²) in [5.41, 5.74) is 1.36. The molecule has 4 unspecified atom stereocenters. The molecule has 0 aromatic carbocycles. The topological polar surface area (TPSA) is 34.1 Å². The fourth-order valence-electron chi connectivity index (χ4n) is 3.03. The third-order valence-corrected chi connectivity index (χ3v) is 4.69. The Morgan fingerprint density at radius 2 is 2.26 bits per heavy atom. The van der Waals surface area contributed by atoms with Gasteiger partial charge in [0.05, 0.1) is 11.8 Å². The predicted octanol–water partition coefficient (Wildman–Crippen LogP) is 3.33. The quantitative estimate of drug-likeness (QED) is 0.854. The first-order valence-corrected chi connectivity index (χ1v) is 7.40. The number of nitrogens with one attached hydrogen (secondary N) is 1. The number of nitrogens with zero attached hydrogens (tertiary/aromatic N) is 1. The van der Waals surface area contributed by atoms with E-state index >= 15 is 0 Å². The van der Waals surface area contributed by atoms with Gasteiger partial charge in [-0.15, -0.1) is 0 Å². The molecule has 19 heavy (non-hydrogen) atoms. The van der Waals surface area contributed by atoms with E-state index in [0.717, 1.165) is 25.1 Å². The zero-order valence-corrected chi connectivity index (χ0v) is 12.5. The van der Waals surface area contributed by atoms with Crippen molar-refractivity contribution in [3.05, 3.63) is 30.1 Å². The van der Waals surface area contributed by atoms with E-state index in [1.54, 1.807) is 0 Å². The Labute approximate surface area is 116 Å². The van der Waals surface area contributed by atoms with E-state index in [4.69, 9.17) is 4.74 Å². The first-order chi connectivity index (χ1) is 9.11. The maximum atomic E-state index is 5.85. The smallest absolute Gasteiger partial charge is 0.0658 e. The Morgan fingerprint density at radius 3 is 2.84 bits per heavy atom. The number of rotatable bonds is 6. The van der Waals surface area contributed by atoms with Crippen LogP contribution in [-0.4, -0.2) is 23.7 Å². The molecule has 0 amide bonds. The van der Waals surface area contributed by atoms with Crippen LogP contribution in [0.3, 0.4) is 0 Å². The van der Waals surface area contributed by atoms with Gasteiger partial charge >= 0.3 is 0 Å². The third kappa shape index (κ3) is 2.82. The van der Waals surface area contributed by atoms with Crippen LogP contribution < -0.4 is 5.32 Å². The molecule has 0 spiro atoms. The lowest BCUT2D eigenvalue weighted by Crippen LogP contribution is -2.62. The number of pyridine rings is 1. The van der Waals surface area contributed by atoms with Crippen LogP contribution in [0, 0.1) is 5.41 Å². The summed E-state index contributed by atoms with van der Waals surface area (Å²) < 4.78 is 5.85. The zero-order valence-electron chi connectivity index (χ0n) is 12.5. The number of aromatic nitrogens is 1. The molecule has 0 bridgehead atoms. The maximum absolute atomic E-state index is 5.85. The molecule has 1 aliphatic rings. The molecule has 1 N–H and O–H groups in total. The molecule has 4 atom stereocenters. The first-order valence-electron chi connectivity index (χ1n) is 7.40. The monoisotopic (exact) mass is 262 g/mol. The molecule has 2 rings (SSSR count). The molecule has 1 heterocycles. The average molecular weight is 262 g/mol. The molecule has 1 aliphatic carbocycles. The molecule has 106 valence electrons. The first kappa shape index (κ1) is 14.5. The highest BCUT2D eigenvalue weighted by atomic mass is 16.5. The van der Waals surface area contributed by atoms with Crippen molar-refractivity contribution in [1.82, 2.24) is 10.3 Å². The number of ether oxygens (including phenoxy) is 1. The van der Waals surface area contributed by atoms with E-state index < -0.39 is 0 Å². The van der Waals surface area contributed by atoms with Crippen LogP contribution in [0.25, 0.3) is 0 Å². The molecule has 3 nitrogen and oxygen atoms in total. The summed E-state index contributed by atoms with van der Waals surface area (Å²) >= 11 is 0. The summed E-state index contributed by atoms with van der Waals surface area (Å²) in [6.45, 7) is 9.66. The van der Waals surface area contributed by atoms with Gasteiger partial charge in [0.25, 0.3) is 0 Å². The van der Waals surface area contributed by atoms with Crippen LogP contribution in [-0.2, 0) is 4.74 Å². The van der Waals surface area contributed by atoms with E-state index in [1.165, 1.54) is 0 Å². The van der Waals surface area contributed by atoms with Crippen molar-refractivity contribution in [2.45, 2.75) is 58.7 Å². The van der Waals surface area contributed by atoms with Gasteiger partial charge in [0, 0.05) is 30.3 Å². The average Bonchev–Trinajstić information content (AvgIpc) is 2.46. The van der Waals surface area contributed by atoms with Crippen molar-refractivity contribution in [3.8, 4) is 0 Å². The summed E-state index contributed by atoms with van der Waals surface area (Å²) in [5, 5.41) is 3.72. The van der Waals surface area contributed by atoms with Crippen molar-refractivity contribution in [2.75, 3.05) is 6.61 Å². The molecule has 1 aromatic heterocycles. The number of hydrogen-bond acceptors (Lipinski definition) is 3. The third-order valence-electron chi connectivity index (χ3n) is 4.69. The zero-order chi connectivity index (χ0) is 13.9. The fraction of sp³-hybridized carbons (Fsp3) is 0.688. The fourth-order valence-corrected chi connectivity index (χ4v) is 3.03. The molecule has 0 saturated heterocycles. The molecule has 3 heteroatoms. The lowest BCUT2D eigenvalue weighted by molar-refractivity contribution is -0.127. The van der Waals surface area contributed by atoms with E-state index in [0.29, 0.717) is 18.2 Å². The van der Waals surface area contributed by atoms with Crippen molar-refractivity contribution in [2.24, 2.45) is 5.41 Å². The largest absolute Gasteiger partial charge is 0.378 e. The van der Waals surface area contributed by atoms with Crippen molar-refractivity contribution >= 4 is 0 Å². The SMILES string of the molecule is CCOC1CC(NC(C)c2ccccn2)C1(C)CC. The molecule has 1 saturated carbocycles. The normalized spacial score (nSPS) is 31.8. The van der Waals surface area contributed by atoms with Gasteiger partial charge in [0.2, 0.25) is 0 Å². The van der Waals surface area contributed by atoms with Crippen LogP contribution >= 0.6 is 0 Å². The Morgan fingerprint density at radius 1 is 1.47 bits per heavy atom. The lowest BCUT2D eigenvalue weighted by atomic mass is 9.61. The van der Waals surface area contributed by atoms with Gasteiger partial charge < -0.3 is 10.1 Å². The summed E-state index contributed by atoms with van der Waals surface area (Å²) in [6, 6.07) is 6.90. The van der Waals surface area contributed by atoms with Gasteiger partial charge in [-0.25, -0.2) is 0 Å². The highest BCUT2D eigenvalue weighted by molar-refractivity contribution is 5.11. The van der Waals surface area contributed by atoms with Gasteiger partial charge in [-0.05, 0) is 38.8 Å². The number of hydrogen-bond donors (Lipinski definition) is 1. The lowest BCUT2D eigenvalue weighted by Gasteiger charge is -2.54. The van der Waals surface area contributed by atoms with Crippen molar-refractivity contribution in [3.63, 3.8) is 0 Å². The van der Waals surface area contributed by atoms with Gasteiger partial charge in [0.1, 0.15) is 0 Å². The molecular formula is C16H26N2O. The highest BCUT2D eigenvalue weighted by Crippen LogP contribution is 2.46. The molecule has 0 aliphatic heterocycles. The highest BCUT2D eigenvalue weighted by Gasteiger charge is 2.51. The van der Waals surface area contributed by atoms with Crippen LogP contribution in [0.5, 0.6) is 0 Å². The minimum Gasteiger partial charge on any atom is -0.378 e. The minimum atomic E-state index is 0.249. The standard InChI is InChI=1S/C16H26N2O/c1-5-16(4)14(11-15(16)19-6-2)18-12(3)13-9-7-8-10-17-13/h7-10,12,14-15,18H,5-6,11H2,1-4H3. The Kier molecular flexibility index (Phi) is 4.58. The van der Waals surface area contributed by atoms with Gasteiger partial charge in [0.15, 0.2) is 0 Å². The van der Waals surface area contributed by atoms with Crippen molar-refractivity contribution in [1.29, 1.82) is 0 Å².